The van der Waals surface area contributed by atoms with Crippen LogP contribution in [0.2, 0.25) is 0 Å². The molecule has 2 aliphatic heterocycles. The van der Waals surface area contributed by atoms with Gasteiger partial charge in [-0.25, -0.2) is 9.38 Å². The molecule has 2 fully saturated rings. The fourth-order valence-electron chi connectivity index (χ4n) is 4.51. The number of benzene rings is 1. The highest BCUT2D eigenvalue weighted by molar-refractivity contribution is 5.80. The minimum absolute atomic E-state index is 0.148. The molecule has 1 aromatic rings. The van der Waals surface area contributed by atoms with Gasteiger partial charge in [0, 0.05) is 58.4 Å². The normalized spacial score (nSPS) is 19.2. The van der Waals surface area contributed by atoms with Gasteiger partial charge in [-0.15, -0.1) is 0 Å². The van der Waals surface area contributed by atoms with Crippen molar-refractivity contribution in [2.45, 2.75) is 46.2 Å². The molecular formula is C25H41FN6. The van der Waals surface area contributed by atoms with Gasteiger partial charge in [0.2, 0.25) is 0 Å². The van der Waals surface area contributed by atoms with Gasteiger partial charge in [0.1, 0.15) is 5.82 Å². The molecule has 178 valence electrons. The van der Waals surface area contributed by atoms with Crippen molar-refractivity contribution in [3.8, 4) is 0 Å². The number of likely N-dealkylation sites (N-methyl/N-ethyl adjacent to an activating group) is 1. The predicted octanol–water partition coefficient (Wildman–Crippen LogP) is 3.06. The van der Waals surface area contributed by atoms with E-state index in [9.17, 15) is 4.39 Å². The SMILES string of the molecule is C=C(C)CN1CCC(NC(=NCc2ccc(N3CCN(CC)CC3)c(F)c2)NCC)CC1. The van der Waals surface area contributed by atoms with Crippen molar-refractivity contribution >= 4 is 11.6 Å². The average molecular weight is 445 g/mol. The molecule has 32 heavy (non-hydrogen) atoms. The maximum absolute atomic E-state index is 14.8. The fraction of sp³-hybridized carbons (Fsp3) is 0.640. The second-order valence-corrected chi connectivity index (χ2v) is 9.05. The molecule has 6 nitrogen and oxygen atoms in total. The van der Waals surface area contributed by atoms with Crippen molar-refractivity contribution in [3.63, 3.8) is 0 Å². The Kier molecular flexibility index (Phi) is 9.36. The third-order valence-electron chi connectivity index (χ3n) is 6.36. The van der Waals surface area contributed by atoms with Crippen LogP contribution in [0.4, 0.5) is 10.1 Å². The van der Waals surface area contributed by atoms with E-state index in [1.807, 2.05) is 12.1 Å². The maximum Gasteiger partial charge on any atom is 0.191 e. The molecule has 0 radical (unpaired) electrons. The summed E-state index contributed by atoms with van der Waals surface area (Å²) in [4.78, 5) is 11.7. The highest BCUT2D eigenvalue weighted by atomic mass is 19.1. The number of likely N-dealkylation sites (tertiary alicyclic amines) is 1. The Hall–Kier alpha value is -2.12. The molecule has 0 aliphatic carbocycles. The fourth-order valence-corrected chi connectivity index (χ4v) is 4.51. The van der Waals surface area contributed by atoms with Crippen molar-refractivity contribution in [1.29, 1.82) is 0 Å². The second kappa shape index (κ2) is 12.2. The number of nitrogens with zero attached hydrogens (tertiary/aromatic N) is 4. The minimum Gasteiger partial charge on any atom is -0.367 e. The van der Waals surface area contributed by atoms with Crippen molar-refractivity contribution in [1.82, 2.24) is 20.4 Å². The van der Waals surface area contributed by atoms with E-state index in [0.29, 0.717) is 18.3 Å². The van der Waals surface area contributed by atoms with Crippen molar-refractivity contribution < 1.29 is 4.39 Å². The molecule has 2 heterocycles. The number of rotatable bonds is 8. The summed E-state index contributed by atoms with van der Waals surface area (Å²) in [6.45, 7) is 19.5. The topological polar surface area (TPSA) is 46.1 Å². The first-order chi connectivity index (χ1) is 15.5. The second-order valence-electron chi connectivity index (χ2n) is 9.05. The number of piperidine rings is 1. The zero-order valence-electron chi connectivity index (χ0n) is 20.2. The Morgan fingerprint density at radius 2 is 1.81 bits per heavy atom. The molecule has 2 N–H and O–H groups in total. The molecule has 2 saturated heterocycles. The highest BCUT2D eigenvalue weighted by Crippen LogP contribution is 2.22. The first-order valence-electron chi connectivity index (χ1n) is 12.2. The summed E-state index contributed by atoms with van der Waals surface area (Å²) in [5, 5.41) is 6.91. The minimum atomic E-state index is -0.148. The molecule has 0 amide bonds. The van der Waals surface area contributed by atoms with Crippen LogP contribution in [0.25, 0.3) is 0 Å². The van der Waals surface area contributed by atoms with E-state index in [1.165, 1.54) is 5.57 Å². The summed E-state index contributed by atoms with van der Waals surface area (Å²) in [5.41, 5.74) is 2.82. The van der Waals surface area contributed by atoms with Gasteiger partial charge in [-0.2, -0.15) is 0 Å². The van der Waals surface area contributed by atoms with Crippen LogP contribution in [-0.2, 0) is 6.54 Å². The third-order valence-corrected chi connectivity index (χ3v) is 6.36. The first-order valence-corrected chi connectivity index (χ1v) is 12.2. The molecule has 0 saturated carbocycles. The van der Waals surface area contributed by atoms with E-state index in [-0.39, 0.29) is 5.82 Å². The van der Waals surface area contributed by atoms with Gasteiger partial charge in [-0.1, -0.05) is 25.1 Å². The zero-order valence-corrected chi connectivity index (χ0v) is 20.2. The Morgan fingerprint density at radius 3 is 2.41 bits per heavy atom. The van der Waals surface area contributed by atoms with Gasteiger partial charge in [0.25, 0.3) is 0 Å². The van der Waals surface area contributed by atoms with Crippen LogP contribution in [0.3, 0.4) is 0 Å². The van der Waals surface area contributed by atoms with Gasteiger partial charge in [0.15, 0.2) is 5.96 Å². The van der Waals surface area contributed by atoms with Crippen molar-refractivity contribution in [2.24, 2.45) is 4.99 Å². The number of aliphatic imine (C=N–C) groups is 1. The highest BCUT2D eigenvalue weighted by Gasteiger charge is 2.20. The molecule has 0 aromatic heterocycles. The summed E-state index contributed by atoms with van der Waals surface area (Å²) in [6, 6.07) is 5.98. The predicted molar refractivity (Wildman–Crippen MR) is 133 cm³/mol. The van der Waals surface area contributed by atoms with E-state index in [4.69, 9.17) is 4.99 Å². The number of nitrogens with one attached hydrogen (secondary N) is 2. The van der Waals surface area contributed by atoms with Gasteiger partial charge in [-0.3, -0.25) is 4.90 Å². The van der Waals surface area contributed by atoms with Crippen molar-refractivity contribution in [2.75, 3.05) is 63.8 Å². The van der Waals surface area contributed by atoms with Gasteiger partial charge in [-0.05, 0) is 50.9 Å². The van der Waals surface area contributed by atoms with Gasteiger partial charge >= 0.3 is 0 Å². The number of piperazine rings is 1. The molecule has 0 atom stereocenters. The summed E-state index contributed by atoms with van der Waals surface area (Å²) in [5.74, 6) is 0.663. The van der Waals surface area contributed by atoms with Crippen LogP contribution in [-0.4, -0.2) is 80.7 Å². The lowest BCUT2D eigenvalue weighted by atomic mass is 10.0. The number of anilines is 1. The Balaban J connectivity index is 1.54. The van der Waals surface area contributed by atoms with Crippen LogP contribution < -0.4 is 15.5 Å². The summed E-state index contributed by atoms with van der Waals surface area (Å²) in [7, 11) is 0. The smallest absolute Gasteiger partial charge is 0.191 e. The van der Waals surface area contributed by atoms with Crippen LogP contribution in [0.1, 0.15) is 39.2 Å². The van der Waals surface area contributed by atoms with Gasteiger partial charge < -0.3 is 20.4 Å². The lowest BCUT2D eigenvalue weighted by Crippen LogP contribution is -2.48. The van der Waals surface area contributed by atoms with Crippen LogP contribution in [0.5, 0.6) is 0 Å². The van der Waals surface area contributed by atoms with Crippen LogP contribution in [0.15, 0.2) is 35.3 Å². The quantitative estimate of drug-likeness (QED) is 0.367. The summed E-state index contributed by atoms with van der Waals surface area (Å²) < 4.78 is 14.8. The Morgan fingerprint density at radius 1 is 1.09 bits per heavy atom. The molecule has 7 heteroatoms. The van der Waals surface area contributed by atoms with Crippen LogP contribution in [0, 0.1) is 5.82 Å². The number of halogens is 1. The lowest BCUT2D eigenvalue weighted by molar-refractivity contribution is 0.221. The van der Waals surface area contributed by atoms with E-state index < -0.39 is 0 Å². The molecule has 2 aliphatic rings. The largest absolute Gasteiger partial charge is 0.367 e. The maximum atomic E-state index is 14.8. The van der Waals surface area contributed by atoms with Gasteiger partial charge in [0.05, 0.1) is 12.2 Å². The van der Waals surface area contributed by atoms with E-state index >= 15 is 0 Å². The molecule has 0 unspecified atom stereocenters. The Bertz CT molecular complexity index is 764. The first kappa shape index (κ1) is 24.5. The number of hydrogen-bond donors (Lipinski definition) is 2. The average Bonchev–Trinajstić information content (AvgIpc) is 2.79. The monoisotopic (exact) mass is 444 g/mol. The van der Waals surface area contributed by atoms with E-state index in [0.717, 1.165) is 83.3 Å². The number of hydrogen-bond acceptors (Lipinski definition) is 4. The summed E-state index contributed by atoms with van der Waals surface area (Å²) in [6.07, 6.45) is 2.18. The molecule has 1 aromatic carbocycles. The lowest BCUT2D eigenvalue weighted by Gasteiger charge is -2.35. The molecule has 3 rings (SSSR count). The Labute approximate surface area is 193 Å². The molecular weight excluding hydrogens is 403 g/mol. The number of guanidine groups is 1. The standard InChI is InChI=1S/C25H41FN6/c1-5-27-25(29-22-9-11-31(12-10-22)19-20(3)4)28-18-21-7-8-24(23(26)17-21)32-15-13-30(6-2)14-16-32/h7-8,17,22H,3,5-6,9-16,18-19H2,1-2,4H3,(H2,27,28,29). The molecule has 0 bridgehead atoms. The zero-order chi connectivity index (χ0) is 22.9. The third kappa shape index (κ3) is 7.20. The molecule has 0 spiro atoms. The van der Waals surface area contributed by atoms with Crippen molar-refractivity contribution in [3.05, 3.63) is 41.7 Å². The van der Waals surface area contributed by atoms with E-state index in [1.54, 1.807) is 6.07 Å². The summed E-state index contributed by atoms with van der Waals surface area (Å²) >= 11 is 0. The van der Waals surface area contributed by atoms with Crippen LogP contribution >= 0.6 is 0 Å². The van der Waals surface area contributed by atoms with E-state index in [2.05, 4.69) is 52.7 Å².